The Kier molecular flexibility index (Phi) is 2.20. The van der Waals surface area contributed by atoms with Crippen molar-refractivity contribution in [3.8, 4) is 0 Å². The summed E-state index contributed by atoms with van der Waals surface area (Å²) in [6, 6.07) is 0. The first kappa shape index (κ1) is 9.47. The molecule has 78 valence electrons. The average molecular weight is 216 g/mol. The zero-order valence-corrected chi connectivity index (χ0v) is 8.42. The van der Waals surface area contributed by atoms with Crippen molar-refractivity contribution >= 4 is 15.0 Å². The van der Waals surface area contributed by atoms with Crippen LogP contribution in [0.4, 0.5) is 0 Å². The number of piperazine rings is 1. The maximum atomic E-state index is 11.5. The summed E-state index contributed by atoms with van der Waals surface area (Å²) in [7, 11) is -3.37. The smallest absolute Gasteiger partial charge is 0.236 e. The lowest BCUT2D eigenvalue weighted by atomic mass is 10.4. The first-order valence-corrected chi connectivity index (χ1v) is 5.91. The number of amidine groups is 1. The molecule has 0 spiro atoms. The van der Waals surface area contributed by atoms with Crippen LogP contribution in [0.5, 0.6) is 0 Å². The van der Waals surface area contributed by atoms with Crippen molar-refractivity contribution in [2.75, 3.05) is 26.2 Å². The second kappa shape index (κ2) is 3.25. The van der Waals surface area contributed by atoms with Crippen molar-refractivity contribution in [2.45, 2.75) is 0 Å². The summed E-state index contributed by atoms with van der Waals surface area (Å²) in [6.07, 6.45) is 0. The Morgan fingerprint density at radius 1 is 1.43 bits per heavy atom. The molecule has 0 unspecified atom stereocenters. The number of nitrogens with one attached hydrogen (secondary N) is 1. The van der Waals surface area contributed by atoms with Gasteiger partial charge in [0, 0.05) is 26.2 Å². The Bertz CT molecular complexity index is 392. The van der Waals surface area contributed by atoms with Crippen LogP contribution < -0.4 is 11.1 Å². The minimum Gasteiger partial charge on any atom is -0.383 e. The van der Waals surface area contributed by atoms with E-state index in [9.17, 15) is 8.42 Å². The van der Waals surface area contributed by atoms with Gasteiger partial charge < -0.3 is 16.0 Å². The molecular weight excluding hydrogens is 204 g/mol. The SMILES string of the molecule is NC1=CS(=O)(=O)C(N2CCNCC2)=N1. The third kappa shape index (κ3) is 1.60. The molecule has 2 aliphatic rings. The lowest BCUT2D eigenvalue weighted by molar-refractivity contribution is 0.361. The van der Waals surface area contributed by atoms with E-state index in [1.807, 2.05) is 0 Å². The van der Waals surface area contributed by atoms with Crippen molar-refractivity contribution in [2.24, 2.45) is 10.7 Å². The Morgan fingerprint density at radius 2 is 2.07 bits per heavy atom. The summed E-state index contributed by atoms with van der Waals surface area (Å²) in [4.78, 5) is 5.57. The van der Waals surface area contributed by atoms with E-state index < -0.39 is 9.84 Å². The molecule has 0 bridgehead atoms. The van der Waals surface area contributed by atoms with Gasteiger partial charge in [-0.25, -0.2) is 13.4 Å². The lowest BCUT2D eigenvalue weighted by Gasteiger charge is -2.27. The van der Waals surface area contributed by atoms with E-state index in [1.165, 1.54) is 0 Å². The molecular formula is C7H12N4O2S. The zero-order chi connectivity index (χ0) is 10.2. The number of nitrogens with zero attached hydrogens (tertiary/aromatic N) is 2. The molecule has 2 rings (SSSR count). The predicted octanol–water partition coefficient (Wildman–Crippen LogP) is -1.57. The molecule has 3 N–H and O–H groups in total. The molecule has 1 saturated heterocycles. The van der Waals surface area contributed by atoms with Crippen LogP contribution in [0.2, 0.25) is 0 Å². The maximum absolute atomic E-state index is 11.5. The van der Waals surface area contributed by atoms with Gasteiger partial charge in [0.15, 0.2) is 0 Å². The van der Waals surface area contributed by atoms with Crippen molar-refractivity contribution in [1.82, 2.24) is 10.2 Å². The van der Waals surface area contributed by atoms with Gasteiger partial charge in [-0.05, 0) is 0 Å². The highest BCUT2D eigenvalue weighted by atomic mass is 32.2. The van der Waals surface area contributed by atoms with Crippen LogP contribution in [0.25, 0.3) is 0 Å². The molecule has 7 heteroatoms. The van der Waals surface area contributed by atoms with Crippen LogP contribution in [-0.4, -0.2) is 44.7 Å². The molecule has 1 fully saturated rings. The van der Waals surface area contributed by atoms with Crippen molar-refractivity contribution < 1.29 is 8.42 Å². The van der Waals surface area contributed by atoms with Crippen molar-refractivity contribution in [1.29, 1.82) is 0 Å². The molecule has 2 heterocycles. The van der Waals surface area contributed by atoms with Crippen LogP contribution in [0.15, 0.2) is 16.2 Å². The normalized spacial score (nSPS) is 25.9. The van der Waals surface area contributed by atoms with Gasteiger partial charge in [-0.15, -0.1) is 0 Å². The molecule has 0 aromatic rings. The summed E-state index contributed by atoms with van der Waals surface area (Å²) in [6.45, 7) is 2.85. The van der Waals surface area contributed by atoms with E-state index in [-0.39, 0.29) is 11.0 Å². The molecule has 0 radical (unpaired) electrons. The second-order valence-corrected chi connectivity index (χ2v) is 4.91. The second-order valence-electron chi connectivity index (χ2n) is 3.22. The maximum Gasteiger partial charge on any atom is 0.236 e. The van der Waals surface area contributed by atoms with Crippen LogP contribution in [0.1, 0.15) is 0 Å². The number of rotatable bonds is 0. The number of hydrogen-bond donors (Lipinski definition) is 2. The largest absolute Gasteiger partial charge is 0.383 e. The van der Waals surface area contributed by atoms with Gasteiger partial charge in [-0.3, -0.25) is 0 Å². The summed E-state index contributed by atoms with van der Waals surface area (Å²) >= 11 is 0. The molecule has 0 aromatic heterocycles. The van der Waals surface area contributed by atoms with E-state index in [1.54, 1.807) is 4.90 Å². The molecule has 0 aromatic carbocycles. The van der Waals surface area contributed by atoms with E-state index in [0.29, 0.717) is 13.1 Å². The molecule has 0 saturated carbocycles. The van der Waals surface area contributed by atoms with Gasteiger partial charge in [0.05, 0.1) is 5.41 Å². The Morgan fingerprint density at radius 3 is 2.57 bits per heavy atom. The van der Waals surface area contributed by atoms with E-state index in [2.05, 4.69) is 10.3 Å². The molecule has 2 aliphatic heterocycles. The highest BCUT2D eigenvalue weighted by molar-refractivity contribution is 8.09. The summed E-state index contributed by atoms with van der Waals surface area (Å²) in [5, 5.41) is 4.24. The van der Waals surface area contributed by atoms with E-state index in [4.69, 9.17) is 5.73 Å². The van der Waals surface area contributed by atoms with E-state index >= 15 is 0 Å². The molecule has 0 amide bonds. The van der Waals surface area contributed by atoms with Gasteiger partial charge >= 0.3 is 0 Å². The topological polar surface area (TPSA) is 87.8 Å². The van der Waals surface area contributed by atoms with Gasteiger partial charge in [0.25, 0.3) is 0 Å². The Balaban J connectivity index is 2.24. The van der Waals surface area contributed by atoms with Crippen molar-refractivity contribution in [3.63, 3.8) is 0 Å². The average Bonchev–Trinajstić information content (AvgIpc) is 2.41. The standard InChI is InChI=1S/C7H12N4O2S/c8-6-5-14(12,13)7(10-6)11-3-1-9-2-4-11/h5,9H,1-4,8H2. The van der Waals surface area contributed by atoms with Gasteiger partial charge in [-0.1, -0.05) is 0 Å². The third-order valence-electron chi connectivity index (χ3n) is 2.14. The van der Waals surface area contributed by atoms with E-state index in [0.717, 1.165) is 18.5 Å². The van der Waals surface area contributed by atoms with Crippen LogP contribution in [0.3, 0.4) is 0 Å². The quantitative estimate of drug-likeness (QED) is 0.511. The molecule has 0 aliphatic carbocycles. The van der Waals surface area contributed by atoms with Crippen LogP contribution >= 0.6 is 0 Å². The number of hydrogen-bond acceptors (Lipinski definition) is 6. The fourth-order valence-corrected chi connectivity index (χ4v) is 2.77. The number of nitrogens with two attached hydrogens (primary N) is 1. The predicted molar refractivity (Wildman–Crippen MR) is 53.1 cm³/mol. The fourth-order valence-electron chi connectivity index (χ4n) is 1.52. The summed E-state index contributed by atoms with van der Waals surface area (Å²) in [5.74, 6) is 0.0681. The Hall–Kier alpha value is -1.08. The fraction of sp³-hybridized carbons (Fsp3) is 0.571. The third-order valence-corrected chi connectivity index (χ3v) is 3.55. The lowest BCUT2D eigenvalue weighted by Crippen LogP contribution is -2.47. The van der Waals surface area contributed by atoms with Gasteiger partial charge in [0.2, 0.25) is 15.0 Å². The Labute approximate surface area is 82.4 Å². The molecule has 0 atom stereocenters. The highest BCUT2D eigenvalue weighted by Gasteiger charge is 2.29. The summed E-state index contributed by atoms with van der Waals surface area (Å²) < 4.78 is 23.0. The zero-order valence-electron chi connectivity index (χ0n) is 7.60. The minimum absolute atomic E-state index is 0.0681. The monoisotopic (exact) mass is 216 g/mol. The van der Waals surface area contributed by atoms with Crippen LogP contribution in [0, 0.1) is 0 Å². The molecule has 14 heavy (non-hydrogen) atoms. The number of sulfone groups is 1. The minimum atomic E-state index is -3.37. The van der Waals surface area contributed by atoms with Gasteiger partial charge in [0.1, 0.15) is 5.82 Å². The van der Waals surface area contributed by atoms with Crippen molar-refractivity contribution in [3.05, 3.63) is 11.2 Å². The number of aliphatic imine (C=N–C) groups is 1. The summed E-state index contributed by atoms with van der Waals surface area (Å²) in [5.41, 5.74) is 5.36. The van der Waals surface area contributed by atoms with Gasteiger partial charge in [-0.2, -0.15) is 0 Å². The highest BCUT2D eigenvalue weighted by Crippen LogP contribution is 2.14. The first-order chi connectivity index (χ1) is 6.59. The van der Waals surface area contributed by atoms with Crippen LogP contribution in [-0.2, 0) is 9.84 Å². The first-order valence-electron chi connectivity index (χ1n) is 4.36. The molecule has 6 nitrogen and oxygen atoms in total.